The van der Waals surface area contributed by atoms with E-state index in [0.717, 1.165) is 18.7 Å². The normalized spacial score (nSPS) is 16.8. The maximum atomic E-state index is 12.7. The first-order chi connectivity index (χ1) is 9.54. The molecule has 0 radical (unpaired) electrons. The molecular weight excluding hydrogens is 246 g/mol. The summed E-state index contributed by atoms with van der Waals surface area (Å²) in [5.74, 6) is 0.259. The molecule has 1 aliphatic rings. The zero-order chi connectivity index (χ0) is 14.6. The number of ketones is 1. The molecule has 0 heterocycles. The third-order valence-corrected chi connectivity index (χ3v) is 4.50. The molecule has 0 atom stereocenters. The summed E-state index contributed by atoms with van der Waals surface area (Å²) in [4.78, 5) is 15.2. The van der Waals surface area contributed by atoms with E-state index in [1.165, 1.54) is 25.7 Å². The van der Waals surface area contributed by atoms with Gasteiger partial charge in [0.2, 0.25) is 0 Å². The molecule has 20 heavy (non-hydrogen) atoms. The minimum absolute atomic E-state index is 0.259. The Morgan fingerprint density at radius 1 is 1.20 bits per heavy atom. The lowest BCUT2D eigenvalue weighted by atomic mass is 9.83. The van der Waals surface area contributed by atoms with Gasteiger partial charge >= 0.3 is 0 Å². The number of nitrogens with zero attached hydrogens (tertiary/aromatic N) is 1. The maximum Gasteiger partial charge on any atom is 0.169 e. The minimum atomic E-state index is -0.319. The molecular formula is C18H27NO. The number of rotatable bonds is 6. The van der Waals surface area contributed by atoms with Crippen molar-refractivity contribution >= 4 is 5.78 Å². The lowest BCUT2D eigenvalue weighted by Gasteiger charge is -2.35. The average Bonchev–Trinajstić information content (AvgIpc) is 2.99. The van der Waals surface area contributed by atoms with Crippen LogP contribution >= 0.6 is 0 Å². The topological polar surface area (TPSA) is 20.3 Å². The van der Waals surface area contributed by atoms with Gasteiger partial charge in [-0.3, -0.25) is 9.69 Å². The highest BCUT2D eigenvalue weighted by molar-refractivity contribution is 6.00. The van der Waals surface area contributed by atoms with Crippen molar-refractivity contribution in [3.63, 3.8) is 0 Å². The van der Waals surface area contributed by atoms with Crippen molar-refractivity contribution in [2.45, 2.75) is 52.5 Å². The van der Waals surface area contributed by atoms with Gasteiger partial charge in [-0.25, -0.2) is 0 Å². The van der Waals surface area contributed by atoms with Crippen molar-refractivity contribution in [2.75, 3.05) is 13.1 Å². The van der Waals surface area contributed by atoms with E-state index >= 15 is 0 Å². The molecule has 0 bridgehead atoms. The van der Waals surface area contributed by atoms with Crippen molar-refractivity contribution < 1.29 is 4.79 Å². The van der Waals surface area contributed by atoms with Crippen LogP contribution in [0.1, 0.15) is 56.8 Å². The largest absolute Gasteiger partial charge is 0.300 e. The number of hydrogen-bond acceptors (Lipinski definition) is 2. The van der Waals surface area contributed by atoms with Crippen LogP contribution in [0.4, 0.5) is 0 Å². The Bertz CT molecular complexity index is 432. The summed E-state index contributed by atoms with van der Waals surface area (Å²) in [6.45, 7) is 8.28. The molecule has 0 aromatic heterocycles. The maximum absolute atomic E-state index is 12.7. The van der Waals surface area contributed by atoms with Gasteiger partial charge in [-0.15, -0.1) is 0 Å². The molecule has 0 unspecified atom stereocenters. The van der Waals surface area contributed by atoms with Crippen LogP contribution in [0.5, 0.6) is 0 Å². The third kappa shape index (κ3) is 3.49. The van der Waals surface area contributed by atoms with E-state index in [1.54, 1.807) is 0 Å². The van der Waals surface area contributed by atoms with E-state index in [1.807, 2.05) is 30.3 Å². The summed E-state index contributed by atoms with van der Waals surface area (Å²) < 4.78 is 0. The highest BCUT2D eigenvalue weighted by atomic mass is 16.1. The highest BCUT2D eigenvalue weighted by Gasteiger charge is 2.33. The average molecular weight is 273 g/mol. The second kappa shape index (κ2) is 6.53. The Balaban J connectivity index is 2.07. The van der Waals surface area contributed by atoms with Gasteiger partial charge in [-0.1, -0.05) is 63.9 Å². The van der Waals surface area contributed by atoms with Gasteiger partial charge in [0.1, 0.15) is 0 Å². The van der Waals surface area contributed by atoms with E-state index in [0.29, 0.717) is 6.04 Å². The standard InChI is InChI=1S/C18H27NO/c1-4-19(16-12-8-9-13-16)14-18(2,3)17(20)15-10-6-5-7-11-15/h5-7,10-11,16H,4,8-9,12-14H2,1-3H3. The van der Waals surface area contributed by atoms with E-state index in [9.17, 15) is 4.79 Å². The molecule has 0 amide bonds. The first-order valence-corrected chi connectivity index (χ1v) is 7.88. The minimum Gasteiger partial charge on any atom is -0.300 e. The van der Waals surface area contributed by atoms with Gasteiger partial charge < -0.3 is 0 Å². The van der Waals surface area contributed by atoms with Crippen LogP contribution in [0, 0.1) is 5.41 Å². The predicted molar refractivity (Wildman–Crippen MR) is 84.1 cm³/mol. The van der Waals surface area contributed by atoms with E-state index in [-0.39, 0.29) is 11.2 Å². The van der Waals surface area contributed by atoms with Crippen molar-refractivity contribution in [3.05, 3.63) is 35.9 Å². The number of carbonyl (C=O) groups excluding carboxylic acids is 1. The monoisotopic (exact) mass is 273 g/mol. The molecule has 110 valence electrons. The van der Waals surface area contributed by atoms with Crippen LogP contribution in [0.3, 0.4) is 0 Å². The van der Waals surface area contributed by atoms with Crippen LogP contribution in [0.25, 0.3) is 0 Å². The molecule has 1 saturated carbocycles. The molecule has 1 aliphatic carbocycles. The highest BCUT2D eigenvalue weighted by Crippen LogP contribution is 2.29. The molecule has 0 N–H and O–H groups in total. The summed E-state index contributed by atoms with van der Waals surface area (Å²) in [6, 6.07) is 10.4. The molecule has 2 rings (SSSR count). The van der Waals surface area contributed by atoms with E-state index in [4.69, 9.17) is 0 Å². The molecule has 1 fully saturated rings. The fraction of sp³-hybridized carbons (Fsp3) is 0.611. The van der Waals surface area contributed by atoms with Crippen molar-refractivity contribution in [1.82, 2.24) is 4.90 Å². The van der Waals surface area contributed by atoms with Crippen LogP contribution in [-0.4, -0.2) is 29.8 Å². The summed E-state index contributed by atoms with van der Waals surface area (Å²) in [6.07, 6.45) is 5.27. The first kappa shape index (κ1) is 15.2. The number of carbonyl (C=O) groups is 1. The lowest BCUT2D eigenvalue weighted by molar-refractivity contribution is 0.0722. The third-order valence-electron chi connectivity index (χ3n) is 4.50. The molecule has 0 aliphatic heterocycles. The molecule has 2 heteroatoms. The Hall–Kier alpha value is -1.15. The predicted octanol–water partition coefficient (Wildman–Crippen LogP) is 4.16. The summed E-state index contributed by atoms with van der Waals surface area (Å²) in [5.41, 5.74) is 0.514. The van der Waals surface area contributed by atoms with Crippen LogP contribution in [0.15, 0.2) is 30.3 Å². The lowest BCUT2D eigenvalue weighted by Crippen LogP contribution is -2.43. The Morgan fingerprint density at radius 3 is 2.35 bits per heavy atom. The molecule has 0 saturated heterocycles. The van der Waals surface area contributed by atoms with Crippen LogP contribution in [0.2, 0.25) is 0 Å². The number of benzene rings is 1. The van der Waals surface area contributed by atoms with Gasteiger partial charge in [-0.05, 0) is 19.4 Å². The van der Waals surface area contributed by atoms with Gasteiger partial charge in [-0.2, -0.15) is 0 Å². The van der Waals surface area contributed by atoms with E-state index < -0.39 is 0 Å². The van der Waals surface area contributed by atoms with E-state index in [2.05, 4.69) is 25.7 Å². The van der Waals surface area contributed by atoms with Gasteiger partial charge in [0.05, 0.1) is 0 Å². The van der Waals surface area contributed by atoms with Gasteiger partial charge in [0.15, 0.2) is 5.78 Å². The Labute approximate surface area is 123 Å². The molecule has 2 nitrogen and oxygen atoms in total. The van der Waals surface area contributed by atoms with Crippen molar-refractivity contribution in [3.8, 4) is 0 Å². The van der Waals surface area contributed by atoms with Crippen molar-refractivity contribution in [2.24, 2.45) is 5.41 Å². The Morgan fingerprint density at radius 2 is 1.80 bits per heavy atom. The zero-order valence-corrected chi connectivity index (χ0v) is 13.1. The van der Waals surface area contributed by atoms with Crippen molar-refractivity contribution in [1.29, 1.82) is 0 Å². The fourth-order valence-electron chi connectivity index (χ4n) is 3.33. The SMILES string of the molecule is CCN(CC(C)(C)C(=O)c1ccccc1)C1CCCC1. The van der Waals surface area contributed by atoms with Crippen LogP contribution < -0.4 is 0 Å². The van der Waals surface area contributed by atoms with Gasteiger partial charge in [0, 0.05) is 23.6 Å². The van der Waals surface area contributed by atoms with Gasteiger partial charge in [0.25, 0.3) is 0 Å². The first-order valence-electron chi connectivity index (χ1n) is 7.88. The second-order valence-corrected chi connectivity index (χ2v) is 6.58. The molecule has 1 aromatic rings. The summed E-state index contributed by atoms with van der Waals surface area (Å²) in [5, 5.41) is 0. The smallest absolute Gasteiger partial charge is 0.169 e. The number of Topliss-reactive ketones (excluding diaryl/α,β-unsaturated/α-hetero) is 1. The number of hydrogen-bond donors (Lipinski definition) is 0. The summed E-state index contributed by atoms with van der Waals surface area (Å²) in [7, 11) is 0. The van der Waals surface area contributed by atoms with Crippen LogP contribution in [-0.2, 0) is 0 Å². The zero-order valence-electron chi connectivity index (χ0n) is 13.1. The summed E-state index contributed by atoms with van der Waals surface area (Å²) >= 11 is 0. The quantitative estimate of drug-likeness (QED) is 0.725. The second-order valence-electron chi connectivity index (χ2n) is 6.58. The molecule has 1 aromatic carbocycles. The fourth-order valence-corrected chi connectivity index (χ4v) is 3.33. The Kier molecular flexibility index (Phi) is 4.98. The molecule has 0 spiro atoms.